The molecule has 16 heavy (non-hydrogen) atoms. The van der Waals surface area contributed by atoms with E-state index < -0.39 is 5.67 Å². The van der Waals surface area contributed by atoms with Crippen molar-refractivity contribution in [1.29, 1.82) is 0 Å². The summed E-state index contributed by atoms with van der Waals surface area (Å²) < 4.78 is 20.7. The van der Waals surface area contributed by atoms with Gasteiger partial charge in [-0.3, -0.25) is 0 Å². The molecule has 0 N–H and O–H groups in total. The molecule has 0 aromatic carbocycles. The maximum Gasteiger partial charge on any atom is 0.179 e. The monoisotopic (exact) mass is 216 g/mol. The Morgan fingerprint density at radius 2 is 2.25 bits per heavy atom. The second kappa shape index (κ2) is 3.00. The molecular weight excluding hydrogens is 206 g/mol. The number of methoxy groups -OCH3 is 1. The highest BCUT2D eigenvalue weighted by molar-refractivity contribution is 6.32. The number of ether oxygens (including phenoxy) is 1. The highest BCUT2D eigenvalue weighted by Gasteiger charge is 2.47. The zero-order chi connectivity index (χ0) is 11.3. The second-order valence-electron chi connectivity index (χ2n) is 4.16. The minimum Gasteiger partial charge on any atom is -0.493 e. The SMILES string of the molecule is [B]c1cc(OC)c2nc(C3(F)CC3)cn2c1. The lowest BCUT2D eigenvalue weighted by molar-refractivity contribution is 0.310. The van der Waals surface area contributed by atoms with Gasteiger partial charge in [0.05, 0.1) is 12.8 Å². The summed E-state index contributed by atoms with van der Waals surface area (Å²) in [6.07, 6.45) is 4.49. The summed E-state index contributed by atoms with van der Waals surface area (Å²) in [5, 5.41) is 0. The maximum atomic E-state index is 13.9. The van der Waals surface area contributed by atoms with Gasteiger partial charge in [0.15, 0.2) is 17.1 Å². The zero-order valence-electron chi connectivity index (χ0n) is 8.90. The van der Waals surface area contributed by atoms with Crippen molar-refractivity contribution < 1.29 is 9.13 Å². The highest BCUT2D eigenvalue weighted by atomic mass is 19.1. The number of rotatable bonds is 2. The summed E-state index contributed by atoms with van der Waals surface area (Å²) in [4.78, 5) is 4.27. The van der Waals surface area contributed by atoms with Crippen LogP contribution in [0.3, 0.4) is 0 Å². The molecule has 2 aromatic heterocycles. The topological polar surface area (TPSA) is 26.5 Å². The van der Waals surface area contributed by atoms with E-state index in [4.69, 9.17) is 12.6 Å². The van der Waals surface area contributed by atoms with Gasteiger partial charge in [-0.1, -0.05) is 5.46 Å². The number of halogens is 1. The molecule has 0 amide bonds. The lowest BCUT2D eigenvalue weighted by atomic mass is 9.99. The van der Waals surface area contributed by atoms with Crippen LogP contribution in [0.25, 0.3) is 5.65 Å². The highest BCUT2D eigenvalue weighted by Crippen LogP contribution is 2.49. The molecule has 80 valence electrons. The standard InChI is InChI=1S/C11H10BFN2O/c1-16-8-4-7(12)5-15-6-9(14-10(8)15)11(13)2-3-11/h4-6H,2-3H2,1H3. The third-order valence-electron chi connectivity index (χ3n) is 2.91. The number of imidazole rings is 1. The van der Waals surface area contributed by atoms with Crippen LogP contribution >= 0.6 is 0 Å². The molecule has 1 aliphatic carbocycles. The lowest BCUT2D eigenvalue weighted by Crippen LogP contribution is -2.06. The summed E-state index contributed by atoms with van der Waals surface area (Å²) in [7, 11) is 7.26. The Bertz CT molecular complexity index is 562. The van der Waals surface area contributed by atoms with Gasteiger partial charge in [0.25, 0.3) is 0 Å². The molecule has 5 heteroatoms. The quantitative estimate of drug-likeness (QED) is 0.702. The predicted octanol–water partition coefficient (Wildman–Crippen LogP) is 1.10. The molecule has 0 bridgehead atoms. The molecule has 0 atom stereocenters. The van der Waals surface area contributed by atoms with E-state index in [9.17, 15) is 4.39 Å². The first-order valence-electron chi connectivity index (χ1n) is 5.14. The van der Waals surface area contributed by atoms with Gasteiger partial charge in [0, 0.05) is 12.4 Å². The van der Waals surface area contributed by atoms with Gasteiger partial charge in [-0.25, -0.2) is 9.37 Å². The van der Waals surface area contributed by atoms with Crippen molar-refractivity contribution in [3.63, 3.8) is 0 Å². The first-order chi connectivity index (χ1) is 7.62. The summed E-state index contributed by atoms with van der Waals surface area (Å²) in [5.41, 5.74) is 0.412. The first-order valence-corrected chi connectivity index (χ1v) is 5.14. The van der Waals surface area contributed by atoms with E-state index in [0.29, 0.717) is 35.4 Å². The van der Waals surface area contributed by atoms with Gasteiger partial charge in [-0.2, -0.15) is 0 Å². The molecule has 1 aliphatic rings. The van der Waals surface area contributed by atoms with Gasteiger partial charge in [-0.15, -0.1) is 0 Å². The molecule has 0 saturated heterocycles. The van der Waals surface area contributed by atoms with Crippen LogP contribution in [0.5, 0.6) is 5.75 Å². The van der Waals surface area contributed by atoms with E-state index in [0.717, 1.165) is 0 Å². The molecule has 0 spiro atoms. The zero-order valence-corrected chi connectivity index (χ0v) is 8.90. The van der Waals surface area contributed by atoms with E-state index in [2.05, 4.69) is 4.98 Å². The van der Waals surface area contributed by atoms with Gasteiger partial charge in [0.2, 0.25) is 0 Å². The van der Waals surface area contributed by atoms with Crippen LogP contribution in [0.1, 0.15) is 18.5 Å². The van der Waals surface area contributed by atoms with Crippen LogP contribution in [0.4, 0.5) is 4.39 Å². The molecule has 1 saturated carbocycles. The third kappa shape index (κ3) is 1.31. The summed E-state index contributed by atoms with van der Waals surface area (Å²) in [5.74, 6) is 0.565. The molecule has 1 fully saturated rings. The van der Waals surface area contributed by atoms with E-state index in [1.165, 1.54) is 0 Å². The summed E-state index contributed by atoms with van der Waals surface area (Å²) in [6, 6.07) is 1.68. The Hall–Kier alpha value is -1.52. The van der Waals surface area contributed by atoms with E-state index in [1.54, 1.807) is 30.0 Å². The van der Waals surface area contributed by atoms with Crippen LogP contribution in [0.15, 0.2) is 18.5 Å². The van der Waals surface area contributed by atoms with Crippen molar-refractivity contribution in [2.75, 3.05) is 7.11 Å². The van der Waals surface area contributed by atoms with Crippen molar-refractivity contribution in [3.05, 3.63) is 24.2 Å². The average Bonchev–Trinajstić information content (AvgIpc) is 2.86. The van der Waals surface area contributed by atoms with Crippen LogP contribution in [0.2, 0.25) is 0 Å². The number of hydrogen-bond donors (Lipinski definition) is 0. The lowest BCUT2D eigenvalue weighted by Gasteiger charge is -2.03. The second-order valence-corrected chi connectivity index (χ2v) is 4.16. The average molecular weight is 216 g/mol. The predicted molar refractivity (Wildman–Crippen MR) is 59.2 cm³/mol. The number of pyridine rings is 1. The maximum absolute atomic E-state index is 13.9. The normalized spacial score (nSPS) is 17.6. The number of hydrogen-bond acceptors (Lipinski definition) is 2. The Morgan fingerprint density at radius 1 is 1.50 bits per heavy atom. The minimum atomic E-state index is -1.23. The fourth-order valence-corrected chi connectivity index (χ4v) is 1.82. The number of alkyl halides is 1. The van der Waals surface area contributed by atoms with Crippen LogP contribution in [-0.2, 0) is 5.67 Å². The van der Waals surface area contributed by atoms with Crippen molar-refractivity contribution in [2.45, 2.75) is 18.5 Å². The first kappa shape index (κ1) is 9.69. The number of nitrogens with zero attached hydrogens (tertiary/aromatic N) is 2. The van der Waals surface area contributed by atoms with Crippen LogP contribution < -0.4 is 10.2 Å². The molecule has 0 aliphatic heterocycles. The molecule has 2 heterocycles. The van der Waals surface area contributed by atoms with Gasteiger partial charge >= 0.3 is 0 Å². The number of fused-ring (bicyclic) bond motifs is 1. The third-order valence-corrected chi connectivity index (χ3v) is 2.91. The summed E-state index contributed by atoms with van der Waals surface area (Å²) in [6.45, 7) is 0. The Morgan fingerprint density at radius 3 is 2.88 bits per heavy atom. The van der Waals surface area contributed by atoms with Gasteiger partial charge in [-0.05, 0) is 18.9 Å². The Kier molecular flexibility index (Phi) is 1.82. The van der Waals surface area contributed by atoms with Crippen molar-refractivity contribution in [3.8, 4) is 5.75 Å². The van der Waals surface area contributed by atoms with E-state index >= 15 is 0 Å². The molecular formula is C11H10BFN2O. The fraction of sp³-hybridized carbons (Fsp3) is 0.364. The van der Waals surface area contributed by atoms with Crippen LogP contribution in [0, 0.1) is 0 Å². The Labute approximate surface area is 93.7 Å². The smallest absolute Gasteiger partial charge is 0.179 e. The molecule has 2 aromatic rings. The van der Waals surface area contributed by atoms with Crippen LogP contribution in [-0.4, -0.2) is 24.3 Å². The molecule has 3 rings (SSSR count). The summed E-state index contributed by atoms with van der Waals surface area (Å²) >= 11 is 0. The van der Waals surface area contributed by atoms with Gasteiger partial charge in [0.1, 0.15) is 7.85 Å². The molecule has 3 nitrogen and oxygen atoms in total. The van der Waals surface area contributed by atoms with Crippen molar-refractivity contribution in [1.82, 2.24) is 9.38 Å². The molecule has 2 radical (unpaired) electrons. The van der Waals surface area contributed by atoms with E-state index in [-0.39, 0.29) is 0 Å². The van der Waals surface area contributed by atoms with Gasteiger partial charge < -0.3 is 9.14 Å². The largest absolute Gasteiger partial charge is 0.493 e. The molecule has 0 unspecified atom stereocenters. The van der Waals surface area contributed by atoms with Crippen molar-refractivity contribution >= 4 is 19.0 Å². The number of aromatic nitrogens is 2. The van der Waals surface area contributed by atoms with Crippen molar-refractivity contribution in [2.24, 2.45) is 0 Å². The van der Waals surface area contributed by atoms with E-state index in [1.807, 2.05) is 0 Å². The Balaban J connectivity index is 2.23. The fourth-order valence-electron chi connectivity index (χ4n) is 1.82. The minimum absolute atomic E-state index is 0.469.